The molecule has 3 rings (SSSR count). The van der Waals surface area contributed by atoms with E-state index in [0.29, 0.717) is 5.41 Å². The van der Waals surface area contributed by atoms with Crippen LogP contribution in [0.15, 0.2) is 24.3 Å². The molecule has 2 nitrogen and oxygen atoms in total. The third-order valence-corrected chi connectivity index (χ3v) is 4.87. The summed E-state index contributed by atoms with van der Waals surface area (Å²) in [5.74, 6) is 0. The van der Waals surface area contributed by atoms with Gasteiger partial charge < -0.3 is 10.2 Å². The molecule has 0 aromatic heterocycles. The van der Waals surface area contributed by atoms with E-state index in [0.717, 1.165) is 6.54 Å². The Morgan fingerprint density at radius 3 is 2.53 bits per heavy atom. The maximum atomic E-state index is 3.68. The fourth-order valence-electron chi connectivity index (χ4n) is 3.38. The summed E-state index contributed by atoms with van der Waals surface area (Å²) in [5.41, 5.74) is 3.49. The van der Waals surface area contributed by atoms with Gasteiger partial charge in [0.15, 0.2) is 0 Å². The van der Waals surface area contributed by atoms with E-state index in [1.165, 1.54) is 63.0 Å². The molecule has 1 heterocycles. The highest BCUT2D eigenvalue weighted by Gasteiger charge is 2.31. The number of benzene rings is 1. The smallest absolute Gasteiger partial charge is 0.0411 e. The minimum Gasteiger partial charge on any atom is -0.371 e. The minimum atomic E-state index is 0.572. The van der Waals surface area contributed by atoms with Gasteiger partial charge in [-0.2, -0.15) is 0 Å². The van der Waals surface area contributed by atoms with E-state index in [9.17, 15) is 0 Å². The van der Waals surface area contributed by atoms with Gasteiger partial charge in [-0.15, -0.1) is 0 Å². The Bertz CT molecular complexity index is 417. The second-order valence-electron chi connectivity index (χ2n) is 6.59. The molecule has 0 radical (unpaired) electrons. The number of rotatable bonds is 5. The van der Waals surface area contributed by atoms with Gasteiger partial charge in [-0.05, 0) is 42.7 Å². The Balaban J connectivity index is 1.60. The van der Waals surface area contributed by atoms with Crippen LogP contribution >= 0.6 is 0 Å². The van der Waals surface area contributed by atoms with Crippen molar-refractivity contribution in [3.8, 4) is 0 Å². The topological polar surface area (TPSA) is 15.3 Å². The summed E-state index contributed by atoms with van der Waals surface area (Å²) in [7, 11) is 0. The van der Waals surface area contributed by atoms with Crippen molar-refractivity contribution in [3.05, 3.63) is 29.8 Å². The molecule has 1 saturated carbocycles. The largest absolute Gasteiger partial charge is 0.371 e. The average Bonchev–Trinajstić information content (AvgIpc) is 2.91. The fraction of sp³-hybridized carbons (Fsp3) is 0.647. The molecule has 0 unspecified atom stereocenters. The van der Waals surface area contributed by atoms with Crippen molar-refractivity contribution in [1.82, 2.24) is 5.32 Å². The monoisotopic (exact) mass is 258 g/mol. The molecule has 1 aliphatic carbocycles. The Morgan fingerprint density at radius 2 is 1.84 bits per heavy atom. The molecule has 0 amide bonds. The van der Waals surface area contributed by atoms with Crippen LogP contribution in [-0.4, -0.2) is 19.6 Å². The molecule has 2 aliphatic rings. The quantitative estimate of drug-likeness (QED) is 0.868. The van der Waals surface area contributed by atoms with Crippen molar-refractivity contribution < 1.29 is 0 Å². The van der Waals surface area contributed by atoms with Crippen LogP contribution in [0.4, 0.5) is 5.69 Å². The van der Waals surface area contributed by atoms with E-state index >= 15 is 0 Å². The lowest BCUT2D eigenvalue weighted by Crippen LogP contribution is -2.37. The summed E-state index contributed by atoms with van der Waals surface area (Å²) in [5, 5.41) is 3.68. The second-order valence-corrected chi connectivity index (χ2v) is 6.59. The molecule has 104 valence electrons. The summed E-state index contributed by atoms with van der Waals surface area (Å²) >= 11 is 0. The Labute approximate surface area is 117 Å². The maximum Gasteiger partial charge on any atom is 0.0411 e. The molecule has 19 heavy (non-hydrogen) atoms. The van der Waals surface area contributed by atoms with E-state index in [4.69, 9.17) is 0 Å². The summed E-state index contributed by atoms with van der Waals surface area (Å²) in [6.07, 6.45) is 6.91. The molecular weight excluding hydrogens is 232 g/mol. The molecule has 2 fully saturated rings. The Hall–Kier alpha value is -1.02. The maximum absolute atomic E-state index is 3.68. The van der Waals surface area contributed by atoms with Crippen LogP contribution in [0.5, 0.6) is 0 Å². The van der Waals surface area contributed by atoms with E-state index < -0.39 is 0 Å². The highest BCUT2D eigenvalue weighted by atomic mass is 15.1. The van der Waals surface area contributed by atoms with Gasteiger partial charge in [-0.3, -0.25) is 0 Å². The normalized spacial score (nSPS) is 21.4. The third-order valence-electron chi connectivity index (χ3n) is 4.87. The standard InChI is InChI=1S/C17H26N2/c1-17(9-6-10-17)14-18-13-15-7-2-3-8-16(15)19-11-4-5-12-19/h2-3,7-8,18H,4-6,9-14H2,1H3. The van der Waals surface area contributed by atoms with E-state index in [1.54, 1.807) is 0 Å². The first-order valence-electron chi connectivity index (χ1n) is 7.80. The number of anilines is 1. The van der Waals surface area contributed by atoms with Crippen molar-refractivity contribution >= 4 is 5.69 Å². The van der Waals surface area contributed by atoms with Gasteiger partial charge in [0.05, 0.1) is 0 Å². The summed E-state index contributed by atoms with van der Waals surface area (Å²) in [6.45, 7) is 7.06. The zero-order valence-corrected chi connectivity index (χ0v) is 12.1. The SMILES string of the molecule is CC1(CNCc2ccccc2N2CCCC2)CCC1. The first-order chi connectivity index (χ1) is 9.27. The second kappa shape index (κ2) is 5.54. The predicted octanol–water partition coefficient (Wildman–Crippen LogP) is 3.57. The lowest BCUT2D eigenvalue weighted by atomic mass is 9.70. The van der Waals surface area contributed by atoms with Crippen molar-refractivity contribution in [1.29, 1.82) is 0 Å². The lowest BCUT2D eigenvalue weighted by Gasteiger charge is -2.38. The number of para-hydroxylation sites is 1. The van der Waals surface area contributed by atoms with E-state index in [1.807, 2.05) is 0 Å². The average molecular weight is 258 g/mol. The zero-order chi connectivity index (χ0) is 13.1. The fourth-order valence-corrected chi connectivity index (χ4v) is 3.38. The van der Waals surface area contributed by atoms with Crippen molar-refractivity contribution in [2.45, 2.75) is 45.6 Å². The van der Waals surface area contributed by atoms with Gasteiger partial charge in [-0.1, -0.05) is 31.5 Å². The van der Waals surface area contributed by atoms with Gasteiger partial charge in [0.2, 0.25) is 0 Å². The first kappa shape index (κ1) is 13.0. The third kappa shape index (κ3) is 2.94. The van der Waals surface area contributed by atoms with Gasteiger partial charge in [0, 0.05) is 31.9 Å². The van der Waals surface area contributed by atoms with Crippen LogP contribution < -0.4 is 10.2 Å². The molecule has 0 bridgehead atoms. The van der Waals surface area contributed by atoms with Gasteiger partial charge >= 0.3 is 0 Å². The molecule has 1 N–H and O–H groups in total. The van der Waals surface area contributed by atoms with Crippen LogP contribution in [-0.2, 0) is 6.54 Å². The Kier molecular flexibility index (Phi) is 3.79. The molecule has 1 aliphatic heterocycles. The molecule has 2 heteroatoms. The summed E-state index contributed by atoms with van der Waals surface area (Å²) < 4.78 is 0. The van der Waals surface area contributed by atoms with Crippen LogP contribution in [0.25, 0.3) is 0 Å². The van der Waals surface area contributed by atoms with Gasteiger partial charge in [0.25, 0.3) is 0 Å². The van der Waals surface area contributed by atoms with Crippen LogP contribution in [0, 0.1) is 5.41 Å². The molecule has 0 spiro atoms. The number of nitrogens with zero attached hydrogens (tertiary/aromatic N) is 1. The molecule has 1 saturated heterocycles. The first-order valence-corrected chi connectivity index (χ1v) is 7.80. The summed E-state index contributed by atoms with van der Waals surface area (Å²) in [6, 6.07) is 8.91. The molecule has 1 aromatic carbocycles. The number of hydrogen-bond acceptors (Lipinski definition) is 2. The van der Waals surface area contributed by atoms with Crippen LogP contribution in [0.2, 0.25) is 0 Å². The van der Waals surface area contributed by atoms with Crippen molar-refractivity contribution in [3.63, 3.8) is 0 Å². The van der Waals surface area contributed by atoms with Crippen molar-refractivity contribution in [2.24, 2.45) is 5.41 Å². The van der Waals surface area contributed by atoms with E-state index in [2.05, 4.69) is 41.4 Å². The highest BCUT2D eigenvalue weighted by Crippen LogP contribution is 2.39. The molecular formula is C17H26N2. The lowest BCUT2D eigenvalue weighted by molar-refractivity contribution is 0.156. The van der Waals surface area contributed by atoms with Gasteiger partial charge in [0.1, 0.15) is 0 Å². The van der Waals surface area contributed by atoms with Crippen LogP contribution in [0.1, 0.15) is 44.6 Å². The predicted molar refractivity (Wildman–Crippen MR) is 81.6 cm³/mol. The zero-order valence-electron chi connectivity index (χ0n) is 12.1. The van der Waals surface area contributed by atoms with Crippen LogP contribution in [0.3, 0.4) is 0 Å². The number of hydrogen-bond donors (Lipinski definition) is 1. The van der Waals surface area contributed by atoms with E-state index in [-0.39, 0.29) is 0 Å². The van der Waals surface area contributed by atoms with Crippen molar-refractivity contribution in [2.75, 3.05) is 24.5 Å². The molecule has 1 aromatic rings. The van der Waals surface area contributed by atoms with Gasteiger partial charge in [-0.25, -0.2) is 0 Å². The number of nitrogens with one attached hydrogen (secondary N) is 1. The highest BCUT2D eigenvalue weighted by molar-refractivity contribution is 5.54. The minimum absolute atomic E-state index is 0.572. The Morgan fingerprint density at radius 1 is 1.11 bits per heavy atom. The molecule has 0 atom stereocenters. The summed E-state index contributed by atoms with van der Waals surface area (Å²) in [4.78, 5) is 2.54.